The molecule has 1 N–H and O–H groups in total. The third kappa shape index (κ3) is 4.34. The molecular formula is C21H22ClNO7S. The van der Waals surface area contributed by atoms with Gasteiger partial charge in [0.25, 0.3) is 10.0 Å². The molecule has 2 aromatic carbocycles. The Kier molecular flexibility index (Phi) is 6.22. The number of carboxylic acids is 1. The number of halogens is 1. The number of fused-ring (bicyclic) bond motifs is 1. The number of ether oxygens (including phenoxy) is 3. The van der Waals surface area contributed by atoms with Crippen LogP contribution in [0.5, 0.6) is 11.5 Å². The van der Waals surface area contributed by atoms with Crippen LogP contribution in [-0.4, -0.2) is 43.3 Å². The molecule has 0 radical (unpaired) electrons. The highest BCUT2D eigenvalue weighted by Gasteiger charge is 2.31. The van der Waals surface area contributed by atoms with Gasteiger partial charge in [-0.25, -0.2) is 17.2 Å². The van der Waals surface area contributed by atoms with Gasteiger partial charge >= 0.3 is 5.97 Å². The summed E-state index contributed by atoms with van der Waals surface area (Å²) in [6.45, 7) is 2.51. The van der Waals surface area contributed by atoms with E-state index in [9.17, 15) is 18.3 Å². The number of rotatable bonds is 8. The fraction of sp³-hybridized carbons (Fsp3) is 0.286. The van der Waals surface area contributed by atoms with Crippen molar-refractivity contribution in [1.29, 1.82) is 0 Å². The van der Waals surface area contributed by atoms with Gasteiger partial charge in [0.1, 0.15) is 16.4 Å². The van der Waals surface area contributed by atoms with Crippen LogP contribution in [0, 0.1) is 0 Å². The summed E-state index contributed by atoms with van der Waals surface area (Å²) < 4.78 is 44.6. The molecule has 0 aliphatic rings. The van der Waals surface area contributed by atoms with E-state index in [1.165, 1.54) is 40.2 Å². The zero-order valence-corrected chi connectivity index (χ0v) is 19.0. The molecular weight excluding hydrogens is 446 g/mol. The number of aliphatic carboxylic acids is 1. The van der Waals surface area contributed by atoms with Crippen LogP contribution < -0.4 is 9.47 Å². The van der Waals surface area contributed by atoms with Crippen LogP contribution in [0.25, 0.3) is 10.9 Å². The van der Waals surface area contributed by atoms with Crippen LogP contribution in [0.1, 0.15) is 19.5 Å². The highest BCUT2D eigenvalue weighted by Crippen LogP contribution is 2.34. The number of nitrogens with zero attached hydrogens (tertiary/aromatic N) is 1. The molecule has 0 spiro atoms. The molecule has 3 rings (SSSR count). The Bertz CT molecular complexity index is 1250. The first-order valence-electron chi connectivity index (χ1n) is 9.16. The van der Waals surface area contributed by atoms with Crippen molar-refractivity contribution < 1.29 is 32.5 Å². The third-order valence-corrected chi connectivity index (χ3v) is 6.80. The van der Waals surface area contributed by atoms with E-state index >= 15 is 0 Å². The third-order valence-electron chi connectivity index (χ3n) is 4.78. The van der Waals surface area contributed by atoms with Gasteiger partial charge in [-0.3, -0.25) is 0 Å². The van der Waals surface area contributed by atoms with Crippen molar-refractivity contribution in [2.24, 2.45) is 0 Å². The number of carboxylic acid groups (broad SMARTS) is 1. The lowest BCUT2D eigenvalue weighted by Gasteiger charge is -2.21. The monoisotopic (exact) mass is 467 g/mol. The van der Waals surface area contributed by atoms with Gasteiger partial charge in [0.05, 0.1) is 32.0 Å². The molecule has 0 atom stereocenters. The second-order valence-corrected chi connectivity index (χ2v) is 9.42. The normalized spacial score (nSPS) is 12.2. The lowest BCUT2D eigenvalue weighted by molar-refractivity contribution is -0.162. The first-order chi connectivity index (χ1) is 14.5. The molecule has 31 heavy (non-hydrogen) atoms. The number of benzene rings is 2. The largest absolute Gasteiger partial charge is 0.497 e. The van der Waals surface area contributed by atoms with Gasteiger partial charge < -0.3 is 19.3 Å². The Labute approximate surface area is 185 Å². The van der Waals surface area contributed by atoms with Crippen molar-refractivity contribution in [1.82, 2.24) is 3.97 Å². The topological polar surface area (TPSA) is 104 Å². The summed E-state index contributed by atoms with van der Waals surface area (Å²) in [5.74, 6) is -0.700. The van der Waals surface area contributed by atoms with E-state index in [-0.39, 0.29) is 22.9 Å². The van der Waals surface area contributed by atoms with Gasteiger partial charge in [0.2, 0.25) is 0 Å². The SMILES string of the molecule is COc1ccc(OC)c(S(=O)(=O)n2c(COC(C)(C)C(=O)O)cc3cc(Cl)ccc32)c1. The molecule has 0 aliphatic heterocycles. The molecule has 8 nitrogen and oxygen atoms in total. The summed E-state index contributed by atoms with van der Waals surface area (Å²) in [7, 11) is -1.39. The van der Waals surface area contributed by atoms with Gasteiger partial charge in [-0.05, 0) is 50.2 Å². The summed E-state index contributed by atoms with van der Waals surface area (Å²) in [6.07, 6.45) is 0. The average Bonchev–Trinajstić information content (AvgIpc) is 3.09. The van der Waals surface area contributed by atoms with Crippen LogP contribution in [-0.2, 0) is 26.2 Å². The fourth-order valence-electron chi connectivity index (χ4n) is 3.00. The zero-order chi connectivity index (χ0) is 23.0. The highest BCUT2D eigenvalue weighted by molar-refractivity contribution is 7.90. The molecule has 0 amide bonds. The minimum atomic E-state index is -4.19. The van der Waals surface area contributed by atoms with Gasteiger partial charge in [-0.2, -0.15) is 0 Å². The second kappa shape index (κ2) is 8.41. The van der Waals surface area contributed by atoms with E-state index in [4.69, 9.17) is 25.8 Å². The lowest BCUT2D eigenvalue weighted by Crippen LogP contribution is -2.34. The van der Waals surface area contributed by atoms with Crippen LogP contribution in [0.4, 0.5) is 0 Å². The van der Waals surface area contributed by atoms with E-state index in [0.29, 0.717) is 21.7 Å². The second-order valence-electron chi connectivity index (χ2n) is 7.23. The smallest absolute Gasteiger partial charge is 0.335 e. The average molecular weight is 468 g/mol. The molecule has 0 saturated carbocycles. The number of methoxy groups -OCH3 is 2. The van der Waals surface area contributed by atoms with Crippen LogP contribution in [0.3, 0.4) is 0 Å². The molecule has 3 aromatic rings. The number of aromatic nitrogens is 1. The number of carbonyl (C=O) groups is 1. The fourth-order valence-corrected chi connectivity index (χ4v) is 4.89. The Balaban J connectivity index is 2.24. The minimum absolute atomic E-state index is 0.111. The van der Waals surface area contributed by atoms with E-state index in [1.807, 2.05) is 0 Å². The van der Waals surface area contributed by atoms with Crippen LogP contribution in [0.15, 0.2) is 47.4 Å². The Morgan fingerprint density at radius 2 is 1.81 bits per heavy atom. The van der Waals surface area contributed by atoms with Crippen molar-refractivity contribution in [3.63, 3.8) is 0 Å². The summed E-state index contributed by atoms with van der Waals surface area (Å²) in [5, 5.41) is 10.3. The van der Waals surface area contributed by atoms with E-state index in [0.717, 1.165) is 3.97 Å². The van der Waals surface area contributed by atoms with Crippen LogP contribution in [0.2, 0.25) is 5.02 Å². The molecule has 10 heteroatoms. The maximum Gasteiger partial charge on any atom is 0.335 e. The molecule has 0 bridgehead atoms. The Morgan fingerprint density at radius 1 is 1.10 bits per heavy atom. The first kappa shape index (κ1) is 22.9. The van der Waals surface area contributed by atoms with E-state index < -0.39 is 21.6 Å². The Morgan fingerprint density at radius 3 is 2.42 bits per heavy atom. The minimum Gasteiger partial charge on any atom is -0.497 e. The van der Waals surface area contributed by atoms with Crippen molar-refractivity contribution in [2.75, 3.05) is 14.2 Å². The number of hydrogen-bond acceptors (Lipinski definition) is 6. The van der Waals surface area contributed by atoms with Crippen molar-refractivity contribution in [3.05, 3.63) is 53.2 Å². The van der Waals surface area contributed by atoms with Crippen molar-refractivity contribution >= 4 is 38.5 Å². The van der Waals surface area contributed by atoms with E-state index in [1.54, 1.807) is 30.3 Å². The summed E-state index contributed by atoms with van der Waals surface area (Å²) in [5.41, 5.74) is -0.923. The zero-order valence-electron chi connectivity index (χ0n) is 17.4. The molecule has 1 heterocycles. The summed E-state index contributed by atoms with van der Waals surface area (Å²) in [6, 6.07) is 10.8. The van der Waals surface area contributed by atoms with Gasteiger partial charge in [-0.1, -0.05) is 11.6 Å². The number of hydrogen-bond donors (Lipinski definition) is 1. The van der Waals surface area contributed by atoms with E-state index in [2.05, 4.69) is 0 Å². The maximum absolute atomic E-state index is 13.7. The predicted molar refractivity (Wildman–Crippen MR) is 116 cm³/mol. The van der Waals surface area contributed by atoms with Gasteiger partial charge in [0, 0.05) is 16.5 Å². The summed E-state index contributed by atoms with van der Waals surface area (Å²) >= 11 is 6.09. The first-order valence-corrected chi connectivity index (χ1v) is 11.0. The lowest BCUT2D eigenvalue weighted by atomic mass is 10.1. The molecule has 0 unspecified atom stereocenters. The maximum atomic E-state index is 13.7. The summed E-state index contributed by atoms with van der Waals surface area (Å²) in [4.78, 5) is 11.3. The van der Waals surface area contributed by atoms with Crippen molar-refractivity contribution in [2.45, 2.75) is 31.0 Å². The predicted octanol–water partition coefficient (Wildman–Crippen LogP) is 3.93. The molecule has 0 aliphatic carbocycles. The molecule has 1 aromatic heterocycles. The molecule has 166 valence electrons. The molecule has 0 saturated heterocycles. The quantitative estimate of drug-likeness (QED) is 0.535. The highest BCUT2D eigenvalue weighted by atomic mass is 35.5. The molecule has 0 fully saturated rings. The standard InChI is InChI=1S/C21H22ClNO7S/c1-21(2,20(24)25)30-12-15-10-13-9-14(22)5-7-17(13)23(15)31(26,27)19-11-16(28-3)6-8-18(19)29-4/h5-11H,12H2,1-4H3,(H,24,25). The Hall–Kier alpha value is -2.75. The van der Waals surface area contributed by atoms with Crippen molar-refractivity contribution in [3.8, 4) is 11.5 Å². The van der Waals surface area contributed by atoms with Gasteiger partial charge in [-0.15, -0.1) is 0 Å². The van der Waals surface area contributed by atoms with Crippen LogP contribution >= 0.6 is 11.6 Å². The van der Waals surface area contributed by atoms with Gasteiger partial charge in [0.15, 0.2) is 5.60 Å².